The summed E-state index contributed by atoms with van der Waals surface area (Å²) in [6.07, 6.45) is 0.916. The third-order valence-corrected chi connectivity index (χ3v) is 6.22. The molecule has 2 aromatic carbocycles. The third-order valence-electron chi connectivity index (χ3n) is 4.31. The number of nitrogens with zero attached hydrogens (tertiary/aromatic N) is 1. The van der Waals surface area contributed by atoms with Gasteiger partial charge in [-0.3, -0.25) is 4.79 Å². The van der Waals surface area contributed by atoms with Crippen molar-refractivity contribution >= 4 is 21.6 Å². The van der Waals surface area contributed by atoms with Crippen molar-refractivity contribution < 1.29 is 22.7 Å². The zero-order valence-electron chi connectivity index (χ0n) is 15.8. The lowest BCUT2D eigenvalue weighted by molar-refractivity contribution is 0.0730. The lowest BCUT2D eigenvalue weighted by Gasteiger charge is -2.26. The van der Waals surface area contributed by atoms with Crippen molar-refractivity contribution in [1.82, 2.24) is 4.31 Å². The van der Waals surface area contributed by atoms with Gasteiger partial charge in [0.05, 0.1) is 24.7 Å². The molecule has 0 saturated carbocycles. The van der Waals surface area contributed by atoms with Gasteiger partial charge in [0, 0.05) is 24.3 Å². The summed E-state index contributed by atoms with van der Waals surface area (Å²) in [6, 6.07) is 13.1. The van der Waals surface area contributed by atoms with Gasteiger partial charge in [-0.25, -0.2) is 8.42 Å². The first-order chi connectivity index (χ1) is 13.5. The summed E-state index contributed by atoms with van der Waals surface area (Å²) < 4.78 is 37.4. The van der Waals surface area contributed by atoms with Crippen molar-refractivity contribution in [2.24, 2.45) is 0 Å². The molecule has 7 nitrogen and oxygen atoms in total. The molecule has 0 bridgehead atoms. The maximum absolute atomic E-state index is 12.6. The predicted octanol–water partition coefficient (Wildman–Crippen LogP) is 2.75. The van der Waals surface area contributed by atoms with E-state index in [2.05, 4.69) is 5.32 Å². The first kappa shape index (κ1) is 20.3. The van der Waals surface area contributed by atoms with Crippen molar-refractivity contribution in [3.8, 4) is 5.75 Å². The van der Waals surface area contributed by atoms with Crippen molar-refractivity contribution in [2.75, 3.05) is 38.2 Å². The molecule has 0 aliphatic carbocycles. The van der Waals surface area contributed by atoms with E-state index < -0.39 is 10.0 Å². The first-order valence-corrected chi connectivity index (χ1v) is 10.7. The number of rotatable bonds is 7. The Balaban J connectivity index is 1.64. The lowest BCUT2D eigenvalue weighted by Crippen LogP contribution is -2.40. The van der Waals surface area contributed by atoms with Crippen LogP contribution >= 0.6 is 0 Å². The normalized spacial score (nSPS) is 15.2. The van der Waals surface area contributed by atoms with Crippen LogP contribution in [-0.2, 0) is 14.8 Å². The van der Waals surface area contributed by atoms with Crippen LogP contribution in [0.25, 0.3) is 0 Å². The number of anilines is 1. The van der Waals surface area contributed by atoms with Gasteiger partial charge in [0.2, 0.25) is 10.0 Å². The van der Waals surface area contributed by atoms with E-state index in [0.29, 0.717) is 44.2 Å². The Morgan fingerprint density at radius 1 is 1.07 bits per heavy atom. The Morgan fingerprint density at radius 2 is 1.71 bits per heavy atom. The molecule has 0 atom stereocenters. The van der Waals surface area contributed by atoms with Crippen molar-refractivity contribution in [3.05, 3.63) is 54.1 Å². The topological polar surface area (TPSA) is 84.9 Å². The lowest BCUT2D eigenvalue weighted by atomic mass is 10.2. The Labute approximate surface area is 165 Å². The fourth-order valence-corrected chi connectivity index (χ4v) is 4.18. The second-order valence-electron chi connectivity index (χ2n) is 6.37. The molecule has 1 aliphatic rings. The van der Waals surface area contributed by atoms with Crippen molar-refractivity contribution in [2.45, 2.75) is 18.2 Å². The molecule has 3 rings (SSSR count). The minimum absolute atomic E-state index is 0.199. The molecule has 1 fully saturated rings. The minimum Gasteiger partial charge on any atom is -0.494 e. The number of nitrogens with one attached hydrogen (secondary N) is 1. The maximum Gasteiger partial charge on any atom is 0.255 e. The summed E-state index contributed by atoms with van der Waals surface area (Å²) in [5.74, 6) is 0.446. The molecular formula is C20H24N2O5S. The van der Waals surface area contributed by atoms with E-state index in [1.54, 1.807) is 36.4 Å². The fraction of sp³-hybridized carbons (Fsp3) is 0.350. The Hall–Kier alpha value is -2.42. The maximum atomic E-state index is 12.6. The third kappa shape index (κ3) is 4.89. The molecule has 1 heterocycles. The average molecular weight is 404 g/mol. The number of hydrogen-bond acceptors (Lipinski definition) is 5. The fourth-order valence-electron chi connectivity index (χ4n) is 2.77. The molecule has 1 saturated heterocycles. The van der Waals surface area contributed by atoms with Crippen LogP contribution in [0.15, 0.2) is 53.4 Å². The van der Waals surface area contributed by atoms with E-state index in [1.165, 1.54) is 16.4 Å². The van der Waals surface area contributed by atoms with Crippen LogP contribution in [0.1, 0.15) is 23.7 Å². The molecular weight excluding hydrogens is 380 g/mol. The zero-order valence-corrected chi connectivity index (χ0v) is 16.6. The van der Waals surface area contributed by atoms with Gasteiger partial charge >= 0.3 is 0 Å². The van der Waals surface area contributed by atoms with E-state index in [9.17, 15) is 13.2 Å². The van der Waals surface area contributed by atoms with Gasteiger partial charge < -0.3 is 14.8 Å². The molecule has 1 amide bonds. The number of hydrogen-bond donors (Lipinski definition) is 1. The van der Waals surface area contributed by atoms with Crippen LogP contribution < -0.4 is 10.1 Å². The number of amides is 1. The summed E-state index contributed by atoms with van der Waals surface area (Å²) in [5.41, 5.74) is 1.02. The molecule has 8 heteroatoms. The Kier molecular flexibility index (Phi) is 6.66. The summed E-state index contributed by atoms with van der Waals surface area (Å²) in [6.45, 7) is 4.15. The molecule has 0 spiro atoms. The molecule has 150 valence electrons. The standard InChI is InChI=1S/C20H24N2O5S/c1-2-13-27-18-7-3-16(4-8-18)20(23)21-17-5-9-19(10-6-17)28(24,25)22-11-14-26-15-12-22/h3-10H,2,11-15H2,1H3,(H,21,23). The molecule has 1 aliphatic heterocycles. The van der Waals surface area contributed by atoms with Crippen LogP contribution in [0.2, 0.25) is 0 Å². The van der Waals surface area contributed by atoms with Crippen LogP contribution in [0.4, 0.5) is 5.69 Å². The Bertz CT molecular complexity index is 889. The average Bonchev–Trinajstić information content (AvgIpc) is 2.73. The highest BCUT2D eigenvalue weighted by Crippen LogP contribution is 2.20. The SMILES string of the molecule is CCCOc1ccc(C(=O)Nc2ccc(S(=O)(=O)N3CCOCC3)cc2)cc1. The Morgan fingerprint density at radius 3 is 2.32 bits per heavy atom. The van der Waals surface area contributed by atoms with Gasteiger partial charge in [0.25, 0.3) is 5.91 Å². The summed E-state index contributed by atoms with van der Waals surface area (Å²) in [7, 11) is -3.55. The second-order valence-corrected chi connectivity index (χ2v) is 8.31. The minimum atomic E-state index is -3.55. The van der Waals surface area contributed by atoms with Gasteiger partial charge in [0.1, 0.15) is 5.75 Å². The zero-order chi connectivity index (χ0) is 20.0. The van der Waals surface area contributed by atoms with Gasteiger partial charge in [0.15, 0.2) is 0 Å². The van der Waals surface area contributed by atoms with E-state index in [-0.39, 0.29) is 10.8 Å². The quantitative estimate of drug-likeness (QED) is 0.767. The largest absolute Gasteiger partial charge is 0.494 e. The number of carbonyl (C=O) groups is 1. The van der Waals surface area contributed by atoms with E-state index in [1.807, 2.05) is 6.92 Å². The molecule has 0 unspecified atom stereocenters. The monoisotopic (exact) mass is 404 g/mol. The summed E-state index contributed by atoms with van der Waals surface area (Å²) >= 11 is 0. The number of ether oxygens (including phenoxy) is 2. The number of carbonyl (C=O) groups excluding carboxylic acids is 1. The highest BCUT2D eigenvalue weighted by Gasteiger charge is 2.26. The molecule has 0 aromatic heterocycles. The van der Waals surface area contributed by atoms with E-state index >= 15 is 0 Å². The smallest absolute Gasteiger partial charge is 0.255 e. The van der Waals surface area contributed by atoms with Crippen LogP contribution in [0, 0.1) is 0 Å². The van der Waals surface area contributed by atoms with Crippen molar-refractivity contribution in [3.63, 3.8) is 0 Å². The van der Waals surface area contributed by atoms with Gasteiger partial charge in [-0.2, -0.15) is 4.31 Å². The van der Waals surface area contributed by atoms with Crippen molar-refractivity contribution in [1.29, 1.82) is 0 Å². The highest BCUT2D eigenvalue weighted by atomic mass is 32.2. The molecule has 2 aromatic rings. The summed E-state index contributed by atoms with van der Waals surface area (Å²) in [5, 5.41) is 2.77. The van der Waals surface area contributed by atoms with Gasteiger partial charge in [-0.1, -0.05) is 6.92 Å². The van der Waals surface area contributed by atoms with Crippen LogP contribution in [0.5, 0.6) is 5.75 Å². The molecule has 1 N–H and O–H groups in total. The van der Waals surface area contributed by atoms with E-state index in [4.69, 9.17) is 9.47 Å². The molecule has 28 heavy (non-hydrogen) atoms. The number of sulfonamides is 1. The second kappa shape index (κ2) is 9.18. The highest BCUT2D eigenvalue weighted by molar-refractivity contribution is 7.89. The predicted molar refractivity (Wildman–Crippen MR) is 106 cm³/mol. The number of morpholine rings is 1. The van der Waals surface area contributed by atoms with Gasteiger partial charge in [-0.15, -0.1) is 0 Å². The summed E-state index contributed by atoms with van der Waals surface area (Å²) in [4.78, 5) is 12.6. The van der Waals surface area contributed by atoms with Gasteiger partial charge in [-0.05, 0) is 55.0 Å². The first-order valence-electron chi connectivity index (χ1n) is 9.23. The van der Waals surface area contributed by atoms with Crippen LogP contribution in [-0.4, -0.2) is 51.5 Å². The number of benzene rings is 2. The molecule has 0 radical (unpaired) electrons. The van der Waals surface area contributed by atoms with Crippen LogP contribution in [0.3, 0.4) is 0 Å². The van der Waals surface area contributed by atoms with E-state index in [0.717, 1.165) is 12.2 Å².